The Morgan fingerprint density at radius 2 is 1.82 bits per heavy atom. The van der Waals surface area contributed by atoms with Gasteiger partial charge in [-0.2, -0.15) is 0 Å². The van der Waals surface area contributed by atoms with Gasteiger partial charge in [0.2, 0.25) is 5.91 Å². The molecule has 0 aromatic heterocycles. The second-order valence-electron chi connectivity index (χ2n) is 8.74. The van der Waals surface area contributed by atoms with Gasteiger partial charge in [0.25, 0.3) is 5.91 Å². The Labute approximate surface area is 201 Å². The first-order valence-electron chi connectivity index (χ1n) is 12.0. The minimum absolute atomic E-state index is 0.134. The molecule has 0 fully saturated rings. The number of benzene rings is 3. The summed E-state index contributed by atoms with van der Waals surface area (Å²) in [6.07, 6.45) is 1.18. The summed E-state index contributed by atoms with van der Waals surface area (Å²) in [5, 5.41) is 2.96. The summed E-state index contributed by atoms with van der Waals surface area (Å²) in [7, 11) is 0. The maximum Gasteiger partial charge on any atom is 0.265 e. The molecule has 4 rings (SSSR count). The van der Waals surface area contributed by atoms with Crippen LogP contribution in [-0.2, 0) is 16.0 Å². The van der Waals surface area contributed by atoms with E-state index in [4.69, 9.17) is 4.74 Å². The van der Waals surface area contributed by atoms with Gasteiger partial charge in [-0.1, -0.05) is 62.4 Å². The van der Waals surface area contributed by atoms with E-state index in [0.717, 1.165) is 28.8 Å². The summed E-state index contributed by atoms with van der Waals surface area (Å²) in [4.78, 5) is 27.7. The smallest absolute Gasteiger partial charge is 0.265 e. The average molecular weight is 457 g/mol. The Bertz CT molecular complexity index is 1160. The summed E-state index contributed by atoms with van der Waals surface area (Å²) >= 11 is 0. The average Bonchev–Trinajstić information content (AvgIpc) is 2.86. The number of aryl methyl sites for hydroxylation is 1. The number of hydrogen-bond acceptors (Lipinski definition) is 3. The van der Waals surface area contributed by atoms with Crippen molar-refractivity contribution < 1.29 is 14.3 Å². The topological polar surface area (TPSA) is 58.6 Å². The molecule has 0 spiro atoms. The zero-order valence-electron chi connectivity index (χ0n) is 20.1. The van der Waals surface area contributed by atoms with Crippen molar-refractivity contribution in [2.24, 2.45) is 0 Å². The predicted octanol–water partition coefficient (Wildman–Crippen LogP) is 5.68. The molecule has 1 aliphatic rings. The number of carbonyl (C=O) groups excluding carboxylic acids is 2. The highest BCUT2D eigenvalue weighted by Crippen LogP contribution is 2.37. The van der Waals surface area contributed by atoms with Crippen LogP contribution in [0.25, 0.3) is 0 Å². The van der Waals surface area contributed by atoms with Gasteiger partial charge in [0, 0.05) is 18.7 Å². The molecule has 3 aromatic rings. The largest absolute Gasteiger partial charge is 0.481 e. The van der Waals surface area contributed by atoms with Crippen molar-refractivity contribution in [3.8, 4) is 5.75 Å². The van der Waals surface area contributed by atoms with Crippen molar-refractivity contribution in [3.05, 3.63) is 95.1 Å². The summed E-state index contributed by atoms with van der Waals surface area (Å²) in [6, 6.07) is 23.7. The third-order valence-electron chi connectivity index (χ3n) is 6.31. The van der Waals surface area contributed by atoms with Crippen LogP contribution in [0.3, 0.4) is 0 Å². The molecule has 2 atom stereocenters. The SMILES string of the molecule is CCC(=O)N1CCc2ccc(O[C@H](CC)C(=O)Nc3cccc(C)c3)cc2[C@H]1c1ccccc1. The molecule has 0 bridgehead atoms. The molecule has 176 valence electrons. The van der Waals surface area contributed by atoms with Gasteiger partial charge in [-0.15, -0.1) is 0 Å². The van der Waals surface area contributed by atoms with E-state index in [2.05, 4.69) is 23.5 Å². The zero-order valence-corrected chi connectivity index (χ0v) is 20.1. The molecule has 3 aromatic carbocycles. The Kier molecular flexibility index (Phi) is 7.31. The fourth-order valence-corrected chi connectivity index (χ4v) is 4.57. The van der Waals surface area contributed by atoms with Gasteiger partial charge in [0.1, 0.15) is 5.75 Å². The lowest BCUT2D eigenvalue weighted by atomic mass is 9.87. The Morgan fingerprint density at radius 3 is 2.53 bits per heavy atom. The van der Waals surface area contributed by atoms with Crippen molar-refractivity contribution in [3.63, 3.8) is 0 Å². The zero-order chi connectivity index (χ0) is 24.1. The highest BCUT2D eigenvalue weighted by Gasteiger charge is 2.32. The second-order valence-corrected chi connectivity index (χ2v) is 8.74. The number of ether oxygens (including phenoxy) is 1. The number of nitrogens with one attached hydrogen (secondary N) is 1. The second kappa shape index (κ2) is 10.6. The van der Waals surface area contributed by atoms with E-state index >= 15 is 0 Å². The fourth-order valence-electron chi connectivity index (χ4n) is 4.57. The van der Waals surface area contributed by atoms with Crippen LogP contribution in [0, 0.1) is 6.92 Å². The highest BCUT2D eigenvalue weighted by atomic mass is 16.5. The van der Waals surface area contributed by atoms with Crippen molar-refractivity contribution in [2.75, 3.05) is 11.9 Å². The minimum Gasteiger partial charge on any atom is -0.481 e. The number of anilines is 1. The molecule has 0 radical (unpaired) electrons. The predicted molar refractivity (Wildman–Crippen MR) is 135 cm³/mol. The van der Waals surface area contributed by atoms with E-state index in [0.29, 0.717) is 25.1 Å². The third kappa shape index (κ3) is 5.14. The van der Waals surface area contributed by atoms with Crippen LogP contribution in [0.1, 0.15) is 55.0 Å². The Morgan fingerprint density at radius 1 is 1.03 bits per heavy atom. The number of carbonyl (C=O) groups is 2. The molecule has 5 heteroatoms. The molecule has 0 saturated carbocycles. The minimum atomic E-state index is -0.620. The van der Waals surface area contributed by atoms with Crippen LogP contribution < -0.4 is 10.1 Å². The van der Waals surface area contributed by atoms with E-state index in [-0.39, 0.29) is 17.9 Å². The van der Waals surface area contributed by atoms with Gasteiger partial charge in [0.15, 0.2) is 6.10 Å². The van der Waals surface area contributed by atoms with Crippen molar-refractivity contribution >= 4 is 17.5 Å². The number of rotatable bonds is 7. The highest BCUT2D eigenvalue weighted by molar-refractivity contribution is 5.94. The van der Waals surface area contributed by atoms with Crippen LogP contribution in [0.4, 0.5) is 5.69 Å². The molecule has 5 nitrogen and oxygen atoms in total. The fraction of sp³-hybridized carbons (Fsp3) is 0.310. The standard InChI is InChI=1S/C29H32N2O3/c1-4-26(29(33)30-23-13-9-10-20(3)18-23)34-24-15-14-21-16-17-31(27(32)5-2)28(25(21)19-24)22-11-7-6-8-12-22/h6-15,18-19,26,28H,4-5,16-17H2,1-3H3,(H,30,33)/t26-,28-/m1/s1. The Balaban J connectivity index is 1.61. The molecule has 1 heterocycles. The molecule has 0 aliphatic carbocycles. The molecule has 0 unspecified atom stereocenters. The lowest BCUT2D eigenvalue weighted by Gasteiger charge is -2.38. The van der Waals surface area contributed by atoms with Crippen molar-refractivity contribution in [2.45, 2.75) is 52.2 Å². The lowest BCUT2D eigenvalue weighted by Crippen LogP contribution is -2.40. The van der Waals surface area contributed by atoms with Gasteiger partial charge in [-0.05, 0) is 66.3 Å². The van der Waals surface area contributed by atoms with Gasteiger partial charge in [-0.3, -0.25) is 9.59 Å². The summed E-state index contributed by atoms with van der Waals surface area (Å²) in [6.45, 7) is 6.52. The first-order valence-corrected chi connectivity index (χ1v) is 12.0. The van der Waals surface area contributed by atoms with E-state index in [1.807, 2.05) is 80.3 Å². The van der Waals surface area contributed by atoms with Gasteiger partial charge < -0.3 is 15.0 Å². The summed E-state index contributed by atoms with van der Waals surface area (Å²) < 4.78 is 6.18. The number of fused-ring (bicyclic) bond motifs is 1. The Hall–Kier alpha value is -3.60. The van der Waals surface area contributed by atoms with Gasteiger partial charge >= 0.3 is 0 Å². The van der Waals surface area contributed by atoms with Gasteiger partial charge in [0.05, 0.1) is 6.04 Å². The van der Waals surface area contributed by atoms with Gasteiger partial charge in [-0.25, -0.2) is 0 Å². The van der Waals surface area contributed by atoms with E-state index < -0.39 is 6.10 Å². The molecule has 0 saturated heterocycles. The summed E-state index contributed by atoms with van der Waals surface area (Å²) in [5.74, 6) is 0.597. The van der Waals surface area contributed by atoms with Crippen LogP contribution in [-0.4, -0.2) is 29.4 Å². The van der Waals surface area contributed by atoms with E-state index in [9.17, 15) is 9.59 Å². The maximum absolute atomic E-state index is 12.9. The number of hydrogen-bond donors (Lipinski definition) is 1. The first kappa shape index (κ1) is 23.6. The van der Waals surface area contributed by atoms with Crippen molar-refractivity contribution in [1.29, 1.82) is 0 Å². The molecule has 2 amide bonds. The molecular formula is C29H32N2O3. The molecule has 1 aliphatic heterocycles. The number of amides is 2. The third-order valence-corrected chi connectivity index (χ3v) is 6.31. The number of nitrogens with zero attached hydrogens (tertiary/aromatic N) is 1. The molecular weight excluding hydrogens is 424 g/mol. The van der Waals surface area contributed by atoms with Crippen LogP contribution in [0.15, 0.2) is 72.8 Å². The lowest BCUT2D eigenvalue weighted by molar-refractivity contribution is -0.133. The molecule has 34 heavy (non-hydrogen) atoms. The summed E-state index contributed by atoms with van der Waals surface area (Å²) in [5.41, 5.74) is 5.19. The monoisotopic (exact) mass is 456 g/mol. The van der Waals surface area contributed by atoms with Crippen LogP contribution in [0.5, 0.6) is 5.75 Å². The first-order chi connectivity index (χ1) is 16.5. The molecule has 1 N–H and O–H groups in total. The van der Waals surface area contributed by atoms with E-state index in [1.54, 1.807) is 0 Å². The maximum atomic E-state index is 12.9. The quantitative estimate of drug-likeness (QED) is 0.498. The van der Waals surface area contributed by atoms with E-state index in [1.165, 1.54) is 5.56 Å². The van der Waals surface area contributed by atoms with Crippen LogP contribution >= 0.6 is 0 Å². The normalized spacial score (nSPS) is 15.9. The van der Waals surface area contributed by atoms with Crippen LogP contribution in [0.2, 0.25) is 0 Å². The van der Waals surface area contributed by atoms with Crippen molar-refractivity contribution in [1.82, 2.24) is 4.90 Å².